The minimum absolute atomic E-state index is 0.00830. The SMILES string of the molecule is Cc1cc(-c2cc3oc(-c4ccc(F)cc4)c(C(=O)O)c3cc2OC(C)C)nn1C. The molecule has 0 radical (unpaired) electrons. The van der Waals surface area contributed by atoms with E-state index in [0.717, 1.165) is 5.69 Å². The lowest BCUT2D eigenvalue weighted by Gasteiger charge is -2.13. The molecule has 7 heteroatoms. The number of benzene rings is 2. The second-order valence-electron chi connectivity index (χ2n) is 7.42. The lowest BCUT2D eigenvalue weighted by atomic mass is 10.0. The average Bonchev–Trinajstić information content (AvgIpc) is 3.21. The lowest BCUT2D eigenvalue weighted by Crippen LogP contribution is -2.07. The third-order valence-electron chi connectivity index (χ3n) is 4.86. The summed E-state index contributed by atoms with van der Waals surface area (Å²) in [5.41, 5.74) is 3.25. The third kappa shape index (κ3) is 3.43. The summed E-state index contributed by atoms with van der Waals surface area (Å²) in [5.74, 6) is -0.857. The molecule has 0 unspecified atom stereocenters. The molecule has 2 heterocycles. The third-order valence-corrected chi connectivity index (χ3v) is 4.86. The number of fused-ring (bicyclic) bond motifs is 1. The van der Waals surface area contributed by atoms with Gasteiger partial charge >= 0.3 is 5.97 Å². The lowest BCUT2D eigenvalue weighted by molar-refractivity contribution is 0.0699. The van der Waals surface area contributed by atoms with Gasteiger partial charge in [-0.15, -0.1) is 0 Å². The summed E-state index contributed by atoms with van der Waals surface area (Å²) in [5, 5.41) is 14.8. The van der Waals surface area contributed by atoms with Gasteiger partial charge in [0, 0.05) is 29.3 Å². The maximum atomic E-state index is 13.3. The molecule has 30 heavy (non-hydrogen) atoms. The van der Waals surface area contributed by atoms with Crippen molar-refractivity contribution in [3.8, 4) is 28.3 Å². The maximum absolute atomic E-state index is 13.3. The summed E-state index contributed by atoms with van der Waals surface area (Å²) in [4.78, 5) is 12.1. The molecule has 154 valence electrons. The van der Waals surface area contributed by atoms with Crippen molar-refractivity contribution in [1.29, 1.82) is 0 Å². The summed E-state index contributed by atoms with van der Waals surface area (Å²) < 4.78 is 27.0. The highest BCUT2D eigenvalue weighted by Gasteiger charge is 2.25. The number of carboxylic acids is 1. The second kappa shape index (κ2) is 7.33. The largest absolute Gasteiger partial charge is 0.490 e. The van der Waals surface area contributed by atoms with E-state index in [9.17, 15) is 14.3 Å². The van der Waals surface area contributed by atoms with Crippen molar-refractivity contribution in [3.05, 3.63) is 59.5 Å². The molecule has 0 spiro atoms. The number of rotatable bonds is 5. The number of furan rings is 1. The van der Waals surface area contributed by atoms with E-state index >= 15 is 0 Å². The zero-order chi connectivity index (χ0) is 21.6. The van der Waals surface area contributed by atoms with Crippen molar-refractivity contribution in [2.45, 2.75) is 26.9 Å². The van der Waals surface area contributed by atoms with E-state index < -0.39 is 11.8 Å². The van der Waals surface area contributed by atoms with Gasteiger partial charge < -0.3 is 14.3 Å². The van der Waals surface area contributed by atoms with Crippen molar-refractivity contribution in [2.24, 2.45) is 7.05 Å². The molecular weight excluding hydrogens is 387 g/mol. The summed E-state index contributed by atoms with van der Waals surface area (Å²) in [7, 11) is 1.85. The Balaban J connectivity index is 2.00. The van der Waals surface area contributed by atoms with Crippen LogP contribution in [-0.2, 0) is 7.05 Å². The smallest absolute Gasteiger partial charge is 0.340 e. The summed E-state index contributed by atoms with van der Waals surface area (Å²) in [6, 6.07) is 10.9. The normalized spacial score (nSPS) is 11.4. The Kier molecular flexibility index (Phi) is 4.81. The predicted molar refractivity (Wildman–Crippen MR) is 111 cm³/mol. The monoisotopic (exact) mass is 408 g/mol. The van der Waals surface area contributed by atoms with Gasteiger partial charge in [-0.25, -0.2) is 9.18 Å². The minimum Gasteiger partial charge on any atom is -0.490 e. The van der Waals surface area contributed by atoms with E-state index in [-0.39, 0.29) is 17.4 Å². The molecule has 0 aliphatic rings. The number of halogens is 1. The number of aromatic carboxylic acids is 1. The molecule has 0 fully saturated rings. The topological polar surface area (TPSA) is 77.5 Å². The number of hydrogen-bond acceptors (Lipinski definition) is 4. The van der Waals surface area contributed by atoms with Crippen LogP contribution in [0.1, 0.15) is 29.9 Å². The molecule has 4 aromatic rings. The fourth-order valence-corrected chi connectivity index (χ4v) is 3.38. The molecule has 0 saturated carbocycles. The first-order chi connectivity index (χ1) is 14.2. The van der Waals surface area contributed by atoms with Gasteiger partial charge in [-0.05, 0) is 63.2 Å². The molecular formula is C23H21FN2O4. The summed E-state index contributed by atoms with van der Waals surface area (Å²) in [6.07, 6.45) is -0.122. The number of carboxylic acid groups (broad SMARTS) is 1. The molecule has 1 N–H and O–H groups in total. The van der Waals surface area contributed by atoms with Crippen LogP contribution in [0.15, 0.2) is 46.9 Å². The predicted octanol–water partition coefficient (Wildman–Crippen LogP) is 5.43. The van der Waals surface area contributed by atoms with E-state index in [2.05, 4.69) is 5.10 Å². The number of ether oxygens (including phenoxy) is 1. The van der Waals surface area contributed by atoms with E-state index in [1.165, 1.54) is 24.3 Å². The van der Waals surface area contributed by atoms with Crippen molar-refractivity contribution < 1.29 is 23.4 Å². The van der Waals surface area contributed by atoms with E-state index in [4.69, 9.17) is 9.15 Å². The molecule has 2 aromatic heterocycles. The number of carbonyl (C=O) groups is 1. The maximum Gasteiger partial charge on any atom is 0.340 e. The Morgan fingerprint density at radius 3 is 2.47 bits per heavy atom. The van der Waals surface area contributed by atoms with Crippen LogP contribution in [0.2, 0.25) is 0 Å². The van der Waals surface area contributed by atoms with Crippen LogP contribution in [0.25, 0.3) is 33.6 Å². The zero-order valence-corrected chi connectivity index (χ0v) is 17.1. The minimum atomic E-state index is -1.13. The van der Waals surface area contributed by atoms with Gasteiger partial charge in [0.25, 0.3) is 0 Å². The Bertz CT molecular complexity index is 1230. The van der Waals surface area contributed by atoms with Gasteiger partial charge in [0.1, 0.15) is 28.5 Å². The zero-order valence-electron chi connectivity index (χ0n) is 17.1. The van der Waals surface area contributed by atoms with Gasteiger partial charge in [0.15, 0.2) is 0 Å². The van der Waals surface area contributed by atoms with E-state index in [0.29, 0.717) is 33.5 Å². The van der Waals surface area contributed by atoms with Gasteiger partial charge in [-0.2, -0.15) is 5.10 Å². The molecule has 0 atom stereocenters. The first kappa shape index (κ1) is 19.7. The Labute approximate surface area is 172 Å². The Hall–Kier alpha value is -3.61. The number of hydrogen-bond donors (Lipinski definition) is 1. The van der Waals surface area contributed by atoms with Crippen molar-refractivity contribution >= 4 is 16.9 Å². The highest BCUT2D eigenvalue weighted by molar-refractivity contribution is 6.09. The molecule has 0 saturated heterocycles. The number of nitrogens with zero attached hydrogens (tertiary/aromatic N) is 2. The second-order valence-corrected chi connectivity index (χ2v) is 7.42. The van der Waals surface area contributed by atoms with Crippen molar-refractivity contribution in [1.82, 2.24) is 9.78 Å². The van der Waals surface area contributed by atoms with Crippen LogP contribution in [0.4, 0.5) is 4.39 Å². The van der Waals surface area contributed by atoms with E-state index in [1.807, 2.05) is 33.9 Å². The molecule has 4 rings (SSSR count). The van der Waals surface area contributed by atoms with Gasteiger partial charge in [0.05, 0.1) is 11.8 Å². The standard InChI is InChI=1S/C23H21FN2O4/c1-12(2)29-19-11-17-20(10-16(19)18-9-13(3)26(4)25-18)30-22(21(17)23(27)28)14-5-7-15(24)8-6-14/h5-12H,1-4H3,(H,27,28). The van der Waals surface area contributed by atoms with Crippen LogP contribution in [0.3, 0.4) is 0 Å². The van der Waals surface area contributed by atoms with Crippen LogP contribution < -0.4 is 4.74 Å². The Morgan fingerprint density at radius 1 is 1.20 bits per heavy atom. The summed E-state index contributed by atoms with van der Waals surface area (Å²) in [6.45, 7) is 5.74. The fraction of sp³-hybridized carbons (Fsp3) is 0.217. The molecule has 0 aliphatic carbocycles. The molecule has 0 bridgehead atoms. The highest BCUT2D eigenvalue weighted by Crippen LogP contribution is 2.40. The van der Waals surface area contributed by atoms with Gasteiger partial charge in [-0.1, -0.05) is 0 Å². The first-order valence-corrected chi connectivity index (χ1v) is 9.52. The van der Waals surface area contributed by atoms with Gasteiger partial charge in [-0.3, -0.25) is 4.68 Å². The quantitative estimate of drug-likeness (QED) is 0.476. The van der Waals surface area contributed by atoms with E-state index in [1.54, 1.807) is 16.8 Å². The van der Waals surface area contributed by atoms with Crippen LogP contribution in [0.5, 0.6) is 5.75 Å². The number of aromatic nitrogens is 2. The van der Waals surface area contributed by atoms with Gasteiger partial charge in [0.2, 0.25) is 0 Å². The average molecular weight is 408 g/mol. The summed E-state index contributed by atoms with van der Waals surface area (Å²) >= 11 is 0. The molecule has 0 aliphatic heterocycles. The first-order valence-electron chi connectivity index (χ1n) is 9.52. The highest BCUT2D eigenvalue weighted by atomic mass is 19.1. The molecule has 6 nitrogen and oxygen atoms in total. The Morgan fingerprint density at radius 2 is 1.90 bits per heavy atom. The molecule has 2 aromatic carbocycles. The fourth-order valence-electron chi connectivity index (χ4n) is 3.38. The number of aryl methyl sites for hydroxylation is 2. The molecule has 0 amide bonds. The van der Waals surface area contributed by atoms with Crippen LogP contribution in [-0.4, -0.2) is 27.0 Å². The van der Waals surface area contributed by atoms with Crippen LogP contribution in [0, 0.1) is 12.7 Å². The van der Waals surface area contributed by atoms with Crippen molar-refractivity contribution in [2.75, 3.05) is 0 Å². The van der Waals surface area contributed by atoms with Crippen LogP contribution >= 0.6 is 0 Å². The van der Waals surface area contributed by atoms with Crippen molar-refractivity contribution in [3.63, 3.8) is 0 Å².